The smallest absolute Gasteiger partial charge is 0.145 e. The molecular weight excluding hydrogens is 498 g/mol. The van der Waals surface area contributed by atoms with Crippen LogP contribution in [0.1, 0.15) is 29.6 Å². The number of rotatable bonds is 12. The van der Waals surface area contributed by atoms with Crippen molar-refractivity contribution in [2.45, 2.75) is 50.8 Å². The van der Waals surface area contributed by atoms with Crippen molar-refractivity contribution in [2.24, 2.45) is 4.99 Å². The van der Waals surface area contributed by atoms with E-state index in [1.165, 1.54) is 12.5 Å². The Labute approximate surface area is 204 Å². The van der Waals surface area contributed by atoms with Gasteiger partial charge in [-0.15, -0.1) is 0 Å². The van der Waals surface area contributed by atoms with Gasteiger partial charge in [0.1, 0.15) is 25.0 Å². The quantitative estimate of drug-likeness (QED) is 0.143. The number of hydrogen-bond acceptors (Lipinski definition) is 6. The largest absolute Gasteiger partial charge is 0.361 e. The maximum absolute atomic E-state index is 11.2. The zero-order chi connectivity index (χ0) is 23.8. The normalized spacial score (nSPS) is 13.9. The average molecular weight is 529 g/mol. The van der Waals surface area contributed by atoms with Crippen molar-refractivity contribution in [3.8, 4) is 0 Å². The monoisotopic (exact) mass is 527 g/mol. The first-order valence-electron chi connectivity index (χ1n) is 10.9. The molecular formula is C24H30BrN5O2Si. The molecule has 2 heterocycles. The van der Waals surface area contributed by atoms with Gasteiger partial charge in [0.25, 0.3) is 0 Å². The van der Waals surface area contributed by atoms with Gasteiger partial charge in [0.15, 0.2) is 0 Å². The van der Waals surface area contributed by atoms with Crippen molar-refractivity contribution >= 4 is 53.8 Å². The van der Waals surface area contributed by atoms with Crippen molar-refractivity contribution in [3.05, 3.63) is 58.6 Å². The first-order chi connectivity index (χ1) is 15.8. The van der Waals surface area contributed by atoms with Gasteiger partial charge >= 0.3 is 0 Å². The third-order valence-corrected chi connectivity index (χ3v) is 7.49. The molecule has 0 amide bonds. The number of carbonyl (C=O) groups excluding carboxylic acids is 1. The van der Waals surface area contributed by atoms with Crippen LogP contribution in [-0.4, -0.2) is 47.9 Å². The lowest BCUT2D eigenvalue weighted by atomic mass is 10.0. The number of nitrogens with one attached hydrogen (secondary N) is 1. The number of ether oxygens (including phenoxy) is 1. The molecule has 0 saturated carbocycles. The summed E-state index contributed by atoms with van der Waals surface area (Å²) in [6.07, 6.45) is 7.59. The standard InChI is InChI=1S/C24H30BrN5O2Si/c1-33(2,3)12-11-32-17-30-9-7-21-23(28-16-29-24(21)30)19(14-26)15-27-22(8-10-31)18-5-4-6-20(25)13-18/h4-7,9-10,13-16,19,22,26H,8,11-12,17H2,1-3H3. The first kappa shape index (κ1) is 25.1. The van der Waals surface area contributed by atoms with Crippen LogP contribution in [0, 0.1) is 5.41 Å². The molecule has 0 spiro atoms. The second-order valence-electron chi connectivity index (χ2n) is 9.09. The van der Waals surface area contributed by atoms with E-state index in [-0.39, 0.29) is 12.5 Å². The number of hydrogen-bond donors (Lipinski definition) is 1. The van der Waals surface area contributed by atoms with Gasteiger partial charge < -0.3 is 19.5 Å². The molecule has 0 radical (unpaired) electrons. The summed E-state index contributed by atoms with van der Waals surface area (Å²) in [7, 11) is -1.14. The van der Waals surface area contributed by atoms with E-state index in [9.17, 15) is 4.79 Å². The van der Waals surface area contributed by atoms with Crippen molar-refractivity contribution < 1.29 is 9.53 Å². The average Bonchev–Trinajstić information content (AvgIpc) is 3.19. The Morgan fingerprint density at radius 2 is 2.09 bits per heavy atom. The molecule has 0 fully saturated rings. The summed E-state index contributed by atoms with van der Waals surface area (Å²) in [6.45, 7) is 8.15. The predicted octanol–water partition coefficient (Wildman–Crippen LogP) is 5.64. The molecule has 0 bridgehead atoms. The van der Waals surface area contributed by atoms with Crippen molar-refractivity contribution in [1.29, 1.82) is 5.41 Å². The van der Waals surface area contributed by atoms with Crippen LogP contribution in [0.5, 0.6) is 0 Å². The Kier molecular flexibility index (Phi) is 8.82. The van der Waals surface area contributed by atoms with E-state index >= 15 is 0 Å². The van der Waals surface area contributed by atoms with Crippen LogP contribution in [0.4, 0.5) is 0 Å². The van der Waals surface area contributed by atoms with Gasteiger partial charge in [-0.3, -0.25) is 4.99 Å². The minimum Gasteiger partial charge on any atom is -0.361 e. The van der Waals surface area contributed by atoms with Crippen molar-refractivity contribution in [1.82, 2.24) is 14.5 Å². The molecule has 1 N–H and O–H groups in total. The SMILES string of the molecule is C[Si](C)(C)CCOCn1ccc2c(C(C=N)C=NC(CC=O)c3cccc(Br)c3)ncnc21. The molecule has 1 aromatic carbocycles. The number of carbonyl (C=O) groups is 1. The summed E-state index contributed by atoms with van der Waals surface area (Å²) in [6, 6.07) is 10.5. The lowest BCUT2D eigenvalue weighted by molar-refractivity contribution is -0.108. The van der Waals surface area contributed by atoms with Gasteiger partial charge in [-0.05, 0) is 29.8 Å². The Bertz CT molecular complexity index is 1130. The van der Waals surface area contributed by atoms with Gasteiger partial charge in [-0.25, -0.2) is 9.97 Å². The molecule has 0 aliphatic carbocycles. The van der Waals surface area contributed by atoms with Crippen LogP contribution < -0.4 is 0 Å². The minimum atomic E-state index is -1.14. The Morgan fingerprint density at radius 1 is 1.27 bits per heavy atom. The molecule has 0 aliphatic heterocycles. The molecule has 9 heteroatoms. The third kappa shape index (κ3) is 6.99. The second-order valence-corrected chi connectivity index (χ2v) is 15.6. The number of aldehydes is 1. The Hall–Kier alpha value is -2.49. The highest BCUT2D eigenvalue weighted by Crippen LogP contribution is 2.26. The van der Waals surface area contributed by atoms with Crippen molar-refractivity contribution in [3.63, 3.8) is 0 Å². The van der Waals surface area contributed by atoms with Crippen LogP contribution in [0.2, 0.25) is 25.7 Å². The number of aliphatic imine (C=N–C) groups is 1. The van der Waals surface area contributed by atoms with Crippen LogP contribution in [0.15, 0.2) is 52.3 Å². The van der Waals surface area contributed by atoms with E-state index < -0.39 is 14.0 Å². The van der Waals surface area contributed by atoms with E-state index in [0.29, 0.717) is 12.4 Å². The Balaban J connectivity index is 1.80. The topological polar surface area (TPSA) is 93.2 Å². The van der Waals surface area contributed by atoms with Crippen LogP contribution in [0.3, 0.4) is 0 Å². The highest BCUT2D eigenvalue weighted by Gasteiger charge is 2.17. The molecule has 33 heavy (non-hydrogen) atoms. The molecule has 174 valence electrons. The molecule has 0 saturated heterocycles. The molecule has 7 nitrogen and oxygen atoms in total. The maximum Gasteiger partial charge on any atom is 0.145 e. The molecule has 2 atom stereocenters. The molecule has 2 aromatic heterocycles. The van der Waals surface area contributed by atoms with Gasteiger partial charge in [-0.2, -0.15) is 0 Å². The molecule has 0 aliphatic rings. The van der Waals surface area contributed by atoms with E-state index in [4.69, 9.17) is 10.1 Å². The van der Waals surface area contributed by atoms with Gasteiger partial charge in [-0.1, -0.05) is 47.7 Å². The zero-order valence-corrected chi connectivity index (χ0v) is 21.8. The summed E-state index contributed by atoms with van der Waals surface area (Å²) >= 11 is 3.47. The fourth-order valence-corrected chi connectivity index (χ4v) is 4.59. The highest BCUT2D eigenvalue weighted by molar-refractivity contribution is 9.10. The summed E-state index contributed by atoms with van der Waals surface area (Å²) in [5.74, 6) is -0.430. The fraction of sp³-hybridized carbons (Fsp3) is 0.375. The minimum absolute atomic E-state index is 0.266. The van der Waals surface area contributed by atoms with Crippen LogP contribution in [0.25, 0.3) is 11.0 Å². The highest BCUT2D eigenvalue weighted by atomic mass is 79.9. The van der Waals surface area contributed by atoms with Crippen LogP contribution in [-0.2, 0) is 16.3 Å². The number of aromatic nitrogens is 3. The van der Waals surface area contributed by atoms with Crippen molar-refractivity contribution in [2.75, 3.05) is 6.61 Å². The maximum atomic E-state index is 11.2. The van der Waals surface area contributed by atoms with E-state index in [1.54, 1.807) is 6.21 Å². The first-order valence-corrected chi connectivity index (χ1v) is 15.4. The van der Waals surface area contributed by atoms with E-state index in [1.807, 2.05) is 41.1 Å². The fourth-order valence-electron chi connectivity index (χ4n) is 3.41. The van der Waals surface area contributed by atoms with Gasteiger partial charge in [0.2, 0.25) is 0 Å². The number of nitrogens with zero attached hydrogens (tertiary/aromatic N) is 4. The summed E-state index contributed by atoms with van der Waals surface area (Å²) in [5, 5.41) is 8.84. The molecule has 3 rings (SSSR count). The lowest BCUT2D eigenvalue weighted by Gasteiger charge is -2.15. The van der Waals surface area contributed by atoms with Crippen LogP contribution >= 0.6 is 15.9 Å². The number of benzene rings is 1. The van der Waals surface area contributed by atoms with Gasteiger partial charge in [0, 0.05) is 49.6 Å². The molecule has 3 aromatic rings. The second kappa shape index (κ2) is 11.6. The summed E-state index contributed by atoms with van der Waals surface area (Å²) < 4.78 is 8.77. The van der Waals surface area contributed by atoms with Gasteiger partial charge in [0.05, 0.1) is 17.7 Å². The van der Waals surface area contributed by atoms with E-state index in [2.05, 4.69) is 50.5 Å². The lowest BCUT2D eigenvalue weighted by Crippen LogP contribution is -2.22. The molecule has 2 unspecified atom stereocenters. The third-order valence-electron chi connectivity index (χ3n) is 5.29. The number of halogens is 1. The number of fused-ring (bicyclic) bond motifs is 1. The Morgan fingerprint density at radius 3 is 2.79 bits per heavy atom. The predicted molar refractivity (Wildman–Crippen MR) is 139 cm³/mol. The van der Waals surface area contributed by atoms with E-state index in [0.717, 1.165) is 40.0 Å². The summed E-state index contributed by atoms with van der Waals surface area (Å²) in [5.41, 5.74) is 2.41. The zero-order valence-electron chi connectivity index (χ0n) is 19.2. The summed E-state index contributed by atoms with van der Waals surface area (Å²) in [4.78, 5) is 24.8.